The molecule has 158 valence electrons. The van der Waals surface area contributed by atoms with Gasteiger partial charge < -0.3 is 9.84 Å². The van der Waals surface area contributed by atoms with Gasteiger partial charge in [0.1, 0.15) is 0 Å². The third kappa shape index (κ3) is 4.35. The molecule has 0 bridgehead atoms. The number of hydrogen-bond donors (Lipinski definition) is 1. The fourth-order valence-corrected chi connectivity index (χ4v) is 2.95. The maximum absolute atomic E-state index is 12.6. The Labute approximate surface area is 179 Å². The van der Waals surface area contributed by atoms with Crippen LogP contribution in [0.5, 0.6) is 0 Å². The van der Waals surface area contributed by atoms with Crippen molar-refractivity contribution in [2.24, 2.45) is 0 Å². The zero-order chi connectivity index (χ0) is 22.0. The van der Waals surface area contributed by atoms with E-state index in [0.29, 0.717) is 35.3 Å². The SMILES string of the molecule is Cc1c(C(=O)NCc2ccncc2)cnn1-c1cc(-c2nc(C(C)(C)C)no2)ccn1. The molecule has 0 aliphatic carbocycles. The summed E-state index contributed by atoms with van der Waals surface area (Å²) >= 11 is 0. The molecule has 1 N–H and O–H groups in total. The van der Waals surface area contributed by atoms with Crippen molar-refractivity contribution in [3.05, 3.63) is 71.7 Å². The topological polar surface area (TPSA) is 112 Å². The minimum absolute atomic E-state index is 0.205. The van der Waals surface area contributed by atoms with E-state index in [-0.39, 0.29) is 11.3 Å². The lowest BCUT2D eigenvalue weighted by Crippen LogP contribution is -2.23. The number of amides is 1. The highest BCUT2D eigenvalue weighted by Gasteiger charge is 2.22. The maximum atomic E-state index is 12.6. The molecule has 0 fully saturated rings. The lowest BCUT2D eigenvalue weighted by molar-refractivity contribution is 0.0950. The molecule has 4 rings (SSSR count). The maximum Gasteiger partial charge on any atom is 0.258 e. The van der Waals surface area contributed by atoms with Gasteiger partial charge in [-0.2, -0.15) is 10.1 Å². The molecule has 4 heterocycles. The van der Waals surface area contributed by atoms with Crippen LogP contribution in [-0.4, -0.2) is 35.8 Å². The van der Waals surface area contributed by atoms with Crippen molar-refractivity contribution in [3.63, 3.8) is 0 Å². The number of carbonyl (C=O) groups is 1. The average molecular weight is 417 g/mol. The number of nitrogens with one attached hydrogen (secondary N) is 1. The Balaban J connectivity index is 1.55. The molecule has 0 aromatic carbocycles. The number of carbonyl (C=O) groups excluding carboxylic acids is 1. The smallest absolute Gasteiger partial charge is 0.258 e. The monoisotopic (exact) mass is 417 g/mol. The van der Waals surface area contributed by atoms with Gasteiger partial charge >= 0.3 is 0 Å². The summed E-state index contributed by atoms with van der Waals surface area (Å²) in [7, 11) is 0. The molecular formula is C22H23N7O2. The molecule has 0 spiro atoms. The summed E-state index contributed by atoms with van der Waals surface area (Å²) in [5, 5.41) is 11.3. The van der Waals surface area contributed by atoms with E-state index >= 15 is 0 Å². The van der Waals surface area contributed by atoms with Gasteiger partial charge in [-0.15, -0.1) is 0 Å². The summed E-state index contributed by atoms with van der Waals surface area (Å²) in [4.78, 5) is 25.5. The first-order chi connectivity index (χ1) is 14.8. The van der Waals surface area contributed by atoms with Crippen molar-refractivity contribution in [1.82, 2.24) is 35.2 Å². The third-order valence-corrected chi connectivity index (χ3v) is 4.76. The van der Waals surface area contributed by atoms with Gasteiger partial charge in [-0.3, -0.25) is 9.78 Å². The molecule has 0 aliphatic rings. The fraction of sp³-hybridized carbons (Fsp3) is 0.273. The fourth-order valence-electron chi connectivity index (χ4n) is 2.95. The Hall–Kier alpha value is -3.88. The van der Waals surface area contributed by atoms with Crippen LogP contribution in [0.4, 0.5) is 0 Å². The number of aromatic nitrogens is 6. The van der Waals surface area contributed by atoms with Gasteiger partial charge in [0.2, 0.25) is 0 Å². The van der Waals surface area contributed by atoms with E-state index in [1.807, 2.05) is 39.8 Å². The molecule has 31 heavy (non-hydrogen) atoms. The molecule has 0 saturated carbocycles. The number of rotatable bonds is 5. The molecule has 4 aromatic rings. The molecule has 1 amide bonds. The summed E-state index contributed by atoms with van der Waals surface area (Å²) in [5.41, 5.74) is 2.64. The Kier molecular flexibility index (Phi) is 5.33. The minimum Gasteiger partial charge on any atom is -0.348 e. The minimum atomic E-state index is -0.214. The number of hydrogen-bond acceptors (Lipinski definition) is 7. The quantitative estimate of drug-likeness (QED) is 0.530. The second-order valence-electron chi connectivity index (χ2n) is 8.17. The first-order valence-corrected chi connectivity index (χ1v) is 9.85. The van der Waals surface area contributed by atoms with Crippen LogP contribution in [0.2, 0.25) is 0 Å². The Morgan fingerprint density at radius 3 is 2.65 bits per heavy atom. The van der Waals surface area contributed by atoms with Crippen LogP contribution in [0, 0.1) is 6.92 Å². The van der Waals surface area contributed by atoms with Gasteiger partial charge in [0.15, 0.2) is 11.6 Å². The summed E-state index contributed by atoms with van der Waals surface area (Å²) < 4.78 is 7.05. The summed E-state index contributed by atoms with van der Waals surface area (Å²) in [5.74, 6) is 1.39. The van der Waals surface area contributed by atoms with Crippen LogP contribution < -0.4 is 5.32 Å². The van der Waals surface area contributed by atoms with Gasteiger partial charge in [-0.25, -0.2) is 9.67 Å². The highest BCUT2D eigenvalue weighted by atomic mass is 16.5. The molecule has 9 nitrogen and oxygen atoms in total. The number of nitrogens with zero attached hydrogens (tertiary/aromatic N) is 6. The molecule has 0 atom stereocenters. The normalized spacial score (nSPS) is 11.5. The van der Waals surface area contributed by atoms with Crippen molar-refractivity contribution in [3.8, 4) is 17.3 Å². The van der Waals surface area contributed by atoms with Gasteiger partial charge in [0, 0.05) is 36.1 Å². The van der Waals surface area contributed by atoms with Crippen molar-refractivity contribution >= 4 is 5.91 Å². The summed E-state index contributed by atoms with van der Waals surface area (Å²) in [6.07, 6.45) is 6.57. The first-order valence-electron chi connectivity index (χ1n) is 9.85. The molecule has 0 saturated heterocycles. The van der Waals surface area contributed by atoms with E-state index in [4.69, 9.17) is 4.52 Å². The van der Waals surface area contributed by atoms with Crippen LogP contribution in [0.15, 0.2) is 53.6 Å². The van der Waals surface area contributed by atoms with Gasteiger partial charge in [0.25, 0.3) is 11.8 Å². The lowest BCUT2D eigenvalue weighted by atomic mass is 9.96. The molecule has 4 aromatic heterocycles. The molecule has 9 heteroatoms. The third-order valence-electron chi connectivity index (χ3n) is 4.76. The zero-order valence-electron chi connectivity index (χ0n) is 17.8. The molecule has 0 radical (unpaired) electrons. The first kappa shape index (κ1) is 20.4. The lowest BCUT2D eigenvalue weighted by Gasteiger charge is -2.10. The van der Waals surface area contributed by atoms with Gasteiger partial charge in [-0.05, 0) is 36.8 Å². The van der Waals surface area contributed by atoms with Crippen LogP contribution in [-0.2, 0) is 12.0 Å². The van der Waals surface area contributed by atoms with E-state index in [0.717, 1.165) is 11.1 Å². The van der Waals surface area contributed by atoms with E-state index < -0.39 is 0 Å². The van der Waals surface area contributed by atoms with Crippen LogP contribution in [0.25, 0.3) is 17.3 Å². The molecular weight excluding hydrogens is 394 g/mol. The zero-order valence-corrected chi connectivity index (χ0v) is 17.8. The van der Waals surface area contributed by atoms with Gasteiger partial charge in [0.05, 0.1) is 17.5 Å². The Morgan fingerprint density at radius 1 is 1.16 bits per heavy atom. The van der Waals surface area contributed by atoms with Crippen molar-refractivity contribution in [1.29, 1.82) is 0 Å². The molecule has 0 unspecified atom stereocenters. The Morgan fingerprint density at radius 2 is 1.94 bits per heavy atom. The standard InChI is InChI=1S/C22H23N7O2/c1-14-17(19(30)25-12-15-5-8-23-9-6-15)13-26-29(14)18-11-16(7-10-24-18)20-27-21(28-31-20)22(2,3)4/h5-11,13H,12H2,1-4H3,(H,25,30). The largest absolute Gasteiger partial charge is 0.348 e. The van der Waals surface area contributed by atoms with E-state index in [1.165, 1.54) is 6.20 Å². The number of pyridine rings is 2. The van der Waals surface area contributed by atoms with Crippen molar-refractivity contribution in [2.45, 2.75) is 39.7 Å². The van der Waals surface area contributed by atoms with Crippen molar-refractivity contribution < 1.29 is 9.32 Å². The summed E-state index contributed by atoms with van der Waals surface area (Å²) in [6.45, 7) is 8.30. The van der Waals surface area contributed by atoms with Crippen molar-refractivity contribution in [2.75, 3.05) is 0 Å². The van der Waals surface area contributed by atoms with Crippen LogP contribution in [0.1, 0.15) is 48.2 Å². The predicted molar refractivity (Wildman–Crippen MR) is 113 cm³/mol. The second-order valence-corrected chi connectivity index (χ2v) is 8.17. The summed E-state index contributed by atoms with van der Waals surface area (Å²) in [6, 6.07) is 7.31. The van der Waals surface area contributed by atoms with E-state index in [9.17, 15) is 4.79 Å². The second kappa shape index (κ2) is 8.10. The average Bonchev–Trinajstić information content (AvgIpc) is 3.40. The van der Waals surface area contributed by atoms with E-state index in [1.54, 1.807) is 35.4 Å². The Bertz CT molecular complexity index is 1210. The highest BCUT2D eigenvalue weighted by Crippen LogP contribution is 2.24. The van der Waals surface area contributed by atoms with Gasteiger partial charge in [-0.1, -0.05) is 25.9 Å². The highest BCUT2D eigenvalue weighted by molar-refractivity contribution is 5.95. The predicted octanol–water partition coefficient (Wildman–Crippen LogP) is 3.25. The van der Waals surface area contributed by atoms with E-state index in [2.05, 4.69) is 30.5 Å². The van der Waals surface area contributed by atoms with Crippen LogP contribution >= 0.6 is 0 Å². The molecule has 0 aliphatic heterocycles. The van der Waals surface area contributed by atoms with Crippen LogP contribution in [0.3, 0.4) is 0 Å².